The molecule has 2 N–H and O–H groups in total. The van der Waals surface area contributed by atoms with Crippen molar-refractivity contribution in [2.24, 2.45) is 0 Å². The molecule has 5 rings (SSSR count). The molecule has 0 spiro atoms. The topological polar surface area (TPSA) is 102 Å². The molecule has 0 atom stereocenters. The van der Waals surface area contributed by atoms with E-state index in [2.05, 4.69) is 20.6 Å². The van der Waals surface area contributed by atoms with Gasteiger partial charge in [-0.05, 0) is 54.6 Å². The summed E-state index contributed by atoms with van der Waals surface area (Å²) in [5.41, 5.74) is 3.42. The van der Waals surface area contributed by atoms with Crippen molar-refractivity contribution in [3.8, 4) is 11.3 Å². The summed E-state index contributed by atoms with van der Waals surface area (Å²) < 4.78 is 6.92. The molecule has 3 aromatic heterocycles. The summed E-state index contributed by atoms with van der Waals surface area (Å²) in [4.78, 5) is 33.3. The molecule has 0 fully saturated rings. The van der Waals surface area contributed by atoms with Gasteiger partial charge in [0.15, 0.2) is 5.76 Å². The lowest BCUT2D eigenvalue weighted by Crippen LogP contribution is -2.13. The lowest BCUT2D eigenvalue weighted by Gasteiger charge is -2.07. The van der Waals surface area contributed by atoms with Crippen molar-refractivity contribution in [3.05, 3.63) is 103 Å². The van der Waals surface area contributed by atoms with E-state index in [1.165, 1.54) is 6.26 Å². The van der Waals surface area contributed by atoms with Gasteiger partial charge in [0, 0.05) is 41.1 Å². The summed E-state index contributed by atoms with van der Waals surface area (Å²) in [5.74, 6) is 0.242. The van der Waals surface area contributed by atoms with E-state index < -0.39 is 0 Å². The average molecular weight is 423 g/mol. The number of rotatable bonds is 5. The lowest BCUT2D eigenvalue weighted by atomic mass is 10.1. The molecule has 2 amide bonds. The molecule has 8 heteroatoms. The molecule has 8 nitrogen and oxygen atoms in total. The van der Waals surface area contributed by atoms with Crippen molar-refractivity contribution < 1.29 is 14.0 Å². The molecular formula is C24H17N5O3. The number of carbonyl (C=O) groups excluding carboxylic acids is 2. The Morgan fingerprint density at radius 3 is 2.25 bits per heavy atom. The summed E-state index contributed by atoms with van der Waals surface area (Å²) in [5, 5.41) is 5.58. The van der Waals surface area contributed by atoms with Crippen LogP contribution in [0, 0.1) is 0 Å². The Labute approximate surface area is 182 Å². The van der Waals surface area contributed by atoms with Crippen molar-refractivity contribution in [2.45, 2.75) is 0 Å². The van der Waals surface area contributed by atoms with Crippen molar-refractivity contribution in [1.82, 2.24) is 14.4 Å². The zero-order valence-electron chi connectivity index (χ0n) is 16.7. The van der Waals surface area contributed by atoms with E-state index in [0.717, 1.165) is 11.3 Å². The molecule has 0 aliphatic rings. The second-order valence-electron chi connectivity index (χ2n) is 6.99. The van der Waals surface area contributed by atoms with Gasteiger partial charge in [-0.25, -0.2) is 9.97 Å². The van der Waals surface area contributed by atoms with E-state index in [1.807, 2.05) is 47.1 Å². The number of anilines is 2. The third-order valence-electron chi connectivity index (χ3n) is 4.82. The fourth-order valence-electron chi connectivity index (χ4n) is 3.20. The van der Waals surface area contributed by atoms with Crippen molar-refractivity contribution in [3.63, 3.8) is 0 Å². The molecular weight excluding hydrogens is 406 g/mol. The maximum absolute atomic E-state index is 12.6. The zero-order valence-corrected chi connectivity index (χ0v) is 16.7. The smallest absolute Gasteiger partial charge is 0.291 e. The number of hydrogen-bond donors (Lipinski definition) is 2. The number of furan rings is 1. The first-order valence-corrected chi connectivity index (χ1v) is 9.82. The Hall–Kier alpha value is -4.72. The Kier molecular flexibility index (Phi) is 4.93. The Balaban J connectivity index is 1.24. The van der Waals surface area contributed by atoms with E-state index in [0.29, 0.717) is 22.7 Å². The van der Waals surface area contributed by atoms with Gasteiger partial charge in [-0.2, -0.15) is 0 Å². The predicted octanol–water partition coefficient (Wildman–Crippen LogP) is 4.49. The first-order valence-electron chi connectivity index (χ1n) is 9.82. The Morgan fingerprint density at radius 2 is 1.56 bits per heavy atom. The van der Waals surface area contributed by atoms with Gasteiger partial charge in [0.25, 0.3) is 11.8 Å². The third kappa shape index (κ3) is 3.97. The third-order valence-corrected chi connectivity index (χ3v) is 4.82. The van der Waals surface area contributed by atoms with Crippen molar-refractivity contribution in [2.75, 3.05) is 10.6 Å². The fraction of sp³-hybridized carbons (Fsp3) is 0. The van der Waals surface area contributed by atoms with Gasteiger partial charge in [0.1, 0.15) is 0 Å². The SMILES string of the molecule is O=C(Nc1ccc(-c2cn3cccnc3n2)cc1)c1ccc(NC(=O)c2ccco2)cc1. The zero-order chi connectivity index (χ0) is 21.9. The van der Waals surface area contributed by atoms with Crippen LogP contribution < -0.4 is 10.6 Å². The van der Waals surface area contributed by atoms with Crippen LogP contribution in [0.5, 0.6) is 0 Å². The maximum atomic E-state index is 12.6. The molecule has 0 unspecified atom stereocenters. The quantitative estimate of drug-likeness (QED) is 0.434. The van der Waals surface area contributed by atoms with Crippen molar-refractivity contribution in [1.29, 1.82) is 0 Å². The molecule has 0 bridgehead atoms. The van der Waals surface area contributed by atoms with E-state index in [4.69, 9.17) is 4.42 Å². The van der Waals surface area contributed by atoms with Crippen LogP contribution in [0.1, 0.15) is 20.9 Å². The second kappa shape index (κ2) is 8.19. The first-order chi connectivity index (χ1) is 15.7. The van der Waals surface area contributed by atoms with Gasteiger partial charge >= 0.3 is 0 Å². The number of benzene rings is 2. The summed E-state index contributed by atoms with van der Waals surface area (Å²) in [6.07, 6.45) is 6.93. The van der Waals surface area contributed by atoms with Crippen LogP contribution in [0.15, 0.2) is 96.0 Å². The highest BCUT2D eigenvalue weighted by atomic mass is 16.3. The summed E-state index contributed by atoms with van der Waals surface area (Å²) in [7, 11) is 0. The van der Waals surface area contributed by atoms with E-state index in [1.54, 1.807) is 42.6 Å². The molecule has 0 radical (unpaired) electrons. The molecule has 32 heavy (non-hydrogen) atoms. The highest BCUT2D eigenvalue weighted by molar-refractivity contribution is 6.05. The maximum Gasteiger partial charge on any atom is 0.291 e. The van der Waals surface area contributed by atoms with Gasteiger partial charge in [-0.15, -0.1) is 0 Å². The molecule has 156 valence electrons. The summed E-state index contributed by atoms with van der Waals surface area (Å²) in [6, 6.07) is 19.1. The number of aromatic nitrogens is 3. The van der Waals surface area contributed by atoms with Crippen LogP contribution in [-0.2, 0) is 0 Å². The molecule has 0 saturated heterocycles. The normalized spacial score (nSPS) is 10.8. The number of nitrogens with zero attached hydrogens (tertiary/aromatic N) is 3. The van der Waals surface area contributed by atoms with Crippen LogP contribution in [0.3, 0.4) is 0 Å². The number of carbonyl (C=O) groups is 2. The monoisotopic (exact) mass is 423 g/mol. The minimum atomic E-state index is -0.353. The van der Waals surface area contributed by atoms with Crippen LogP contribution in [0.2, 0.25) is 0 Å². The molecule has 0 saturated carbocycles. The van der Waals surface area contributed by atoms with Gasteiger partial charge in [-0.1, -0.05) is 12.1 Å². The Morgan fingerprint density at radius 1 is 0.844 bits per heavy atom. The standard InChI is InChI=1S/C24H17N5O3/c30-22(17-6-10-19(11-7-17)27-23(31)21-3-1-14-32-21)26-18-8-4-16(5-9-18)20-15-29-13-2-12-25-24(29)28-20/h1-15H,(H,26,30)(H,27,31). The van der Waals surface area contributed by atoms with Gasteiger partial charge < -0.3 is 15.1 Å². The second-order valence-corrected chi connectivity index (χ2v) is 6.99. The summed E-state index contributed by atoms with van der Waals surface area (Å²) in [6.45, 7) is 0. The van der Waals surface area contributed by atoms with E-state index in [-0.39, 0.29) is 17.6 Å². The van der Waals surface area contributed by atoms with E-state index >= 15 is 0 Å². The van der Waals surface area contributed by atoms with Crippen LogP contribution in [0.4, 0.5) is 11.4 Å². The number of amides is 2. The number of hydrogen-bond acceptors (Lipinski definition) is 5. The number of nitrogens with one attached hydrogen (secondary N) is 2. The van der Waals surface area contributed by atoms with Gasteiger partial charge in [-0.3, -0.25) is 14.0 Å². The highest BCUT2D eigenvalue weighted by Gasteiger charge is 2.11. The largest absolute Gasteiger partial charge is 0.459 e. The fourth-order valence-corrected chi connectivity index (χ4v) is 3.20. The molecule has 3 heterocycles. The molecule has 5 aromatic rings. The van der Waals surface area contributed by atoms with Gasteiger partial charge in [0.05, 0.1) is 12.0 Å². The van der Waals surface area contributed by atoms with Crippen molar-refractivity contribution >= 4 is 29.0 Å². The van der Waals surface area contributed by atoms with Crippen LogP contribution in [-0.4, -0.2) is 26.2 Å². The van der Waals surface area contributed by atoms with Crippen LogP contribution >= 0.6 is 0 Å². The molecule has 0 aliphatic carbocycles. The highest BCUT2D eigenvalue weighted by Crippen LogP contribution is 2.21. The van der Waals surface area contributed by atoms with E-state index in [9.17, 15) is 9.59 Å². The lowest BCUT2D eigenvalue weighted by molar-refractivity contribution is 0.0995. The predicted molar refractivity (Wildman–Crippen MR) is 119 cm³/mol. The summed E-state index contributed by atoms with van der Waals surface area (Å²) >= 11 is 0. The number of fused-ring (bicyclic) bond motifs is 1. The Bertz CT molecular complexity index is 1360. The molecule has 0 aliphatic heterocycles. The average Bonchev–Trinajstić information content (AvgIpc) is 3.50. The first kappa shape index (κ1) is 19.3. The minimum absolute atomic E-state index is 0.218. The molecule has 2 aromatic carbocycles. The minimum Gasteiger partial charge on any atom is -0.459 e. The van der Waals surface area contributed by atoms with Crippen LogP contribution in [0.25, 0.3) is 17.0 Å². The van der Waals surface area contributed by atoms with Gasteiger partial charge in [0.2, 0.25) is 5.78 Å². The number of imidazole rings is 1.